The lowest BCUT2D eigenvalue weighted by atomic mass is 10.2. The molecule has 0 fully saturated rings. The summed E-state index contributed by atoms with van der Waals surface area (Å²) in [6, 6.07) is 3.66. The summed E-state index contributed by atoms with van der Waals surface area (Å²) in [5, 5.41) is 11.0. The summed E-state index contributed by atoms with van der Waals surface area (Å²) in [6.07, 6.45) is 0. The Morgan fingerprint density at radius 2 is 1.79 bits per heavy atom. The lowest BCUT2D eigenvalue weighted by molar-refractivity contribution is -0.385. The summed E-state index contributed by atoms with van der Waals surface area (Å²) in [6.45, 7) is 7.05. The number of nitrogens with zero attached hydrogens (tertiary/aromatic N) is 2. The summed E-state index contributed by atoms with van der Waals surface area (Å²) < 4.78 is 9.86. The number of rotatable bonds is 7. The normalized spacial score (nSPS) is 10.6. The van der Waals surface area contributed by atoms with Gasteiger partial charge in [0, 0.05) is 18.2 Å². The predicted octanol–water partition coefficient (Wildman–Crippen LogP) is 2.41. The molecule has 0 saturated heterocycles. The molecule has 0 aliphatic heterocycles. The van der Waals surface area contributed by atoms with E-state index in [0.717, 1.165) is 6.07 Å². The molecular weight excluding hydrogens is 316 g/mol. The Labute approximate surface area is 140 Å². The van der Waals surface area contributed by atoms with Gasteiger partial charge in [-0.25, -0.2) is 4.79 Å². The fraction of sp³-hybridized carbons (Fsp3) is 0.500. The molecule has 132 valence electrons. The largest absolute Gasteiger partial charge is 0.490 e. The Balaban J connectivity index is 2.84. The first-order chi connectivity index (χ1) is 11.2. The third-order valence-electron chi connectivity index (χ3n) is 3.34. The van der Waals surface area contributed by atoms with E-state index >= 15 is 0 Å². The highest BCUT2D eigenvalue weighted by molar-refractivity contribution is 5.92. The van der Waals surface area contributed by atoms with E-state index in [0.29, 0.717) is 0 Å². The second-order valence-corrected chi connectivity index (χ2v) is 5.71. The van der Waals surface area contributed by atoms with E-state index in [2.05, 4.69) is 0 Å². The van der Waals surface area contributed by atoms with E-state index in [4.69, 9.17) is 9.47 Å². The number of amides is 1. The van der Waals surface area contributed by atoms with E-state index in [-0.39, 0.29) is 35.0 Å². The van der Waals surface area contributed by atoms with Gasteiger partial charge in [-0.05, 0) is 39.8 Å². The second kappa shape index (κ2) is 8.28. The molecule has 0 heterocycles. The van der Waals surface area contributed by atoms with Gasteiger partial charge in [0.15, 0.2) is 12.4 Å². The lowest BCUT2D eigenvalue weighted by Gasteiger charge is -2.30. The van der Waals surface area contributed by atoms with Crippen molar-refractivity contribution in [3.8, 4) is 5.75 Å². The van der Waals surface area contributed by atoms with Crippen molar-refractivity contribution in [3.05, 3.63) is 33.9 Å². The van der Waals surface area contributed by atoms with Gasteiger partial charge in [0.2, 0.25) is 0 Å². The van der Waals surface area contributed by atoms with Crippen molar-refractivity contribution in [2.24, 2.45) is 0 Å². The summed E-state index contributed by atoms with van der Waals surface area (Å²) in [4.78, 5) is 36.1. The summed E-state index contributed by atoms with van der Waals surface area (Å²) in [5.74, 6) is -1.09. The van der Waals surface area contributed by atoms with E-state index in [1.54, 1.807) is 4.90 Å². The third-order valence-corrected chi connectivity index (χ3v) is 3.34. The smallest absolute Gasteiger partial charge is 0.338 e. The van der Waals surface area contributed by atoms with Crippen LogP contribution in [0.2, 0.25) is 0 Å². The second-order valence-electron chi connectivity index (χ2n) is 5.71. The number of carbonyl (C=O) groups is 2. The lowest BCUT2D eigenvalue weighted by Crippen LogP contribution is -2.44. The minimum Gasteiger partial charge on any atom is -0.490 e. The molecule has 0 spiro atoms. The Bertz CT molecular complexity index is 619. The number of hydrogen-bond acceptors (Lipinski definition) is 6. The zero-order valence-electron chi connectivity index (χ0n) is 14.4. The van der Waals surface area contributed by atoms with Gasteiger partial charge in [-0.1, -0.05) is 0 Å². The minimum atomic E-state index is -0.804. The van der Waals surface area contributed by atoms with Gasteiger partial charge < -0.3 is 14.4 Å². The first-order valence-electron chi connectivity index (χ1n) is 7.49. The van der Waals surface area contributed by atoms with Gasteiger partial charge in [0.05, 0.1) is 17.6 Å². The molecule has 0 N–H and O–H groups in total. The quantitative estimate of drug-likeness (QED) is 0.430. The van der Waals surface area contributed by atoms with Crippen LogP contribution in [-0.2, 0) is 9.53 Å². The highest BCUT2D eigenvalue weighted by Gasteiger charge is 2.23. The number of benzene rings is 1. The molecule has 0 aliphatic rings. The maximum absolute atomic E-state index is 12.2. The number of ether oxygens (including phenoxy) is 2. The van der Waals surface area contributed by atoms with Gasteiger partial charge >= 0.3 is 11.7 Å². The summed E-state index contributed by atoms with van der Waals surface area (Å²) in [7, 11) is 1.30. The average Bonchev–Trinajstić information content (AvgIpc) is 2.51. The van der Waals surface area contributed by atoms with Crippen LogP contribution in [0.25, 0.3) is 0 Å². The molecule has 0 atom stereocenters. The maximum Gasteiger partial charge on any atom is 0.338 e. The third kappa shape index (κ3) is 4.68. The molecule has 0 unspecified atom stereocenters. The molecule has 1 aromatic carbocycles. The highest BCUT2D eigenvalue weighted by atomic mass is 16.6. The summed E-state index contributed by atoms with van der Waals surface area (Å²) in [5.41, 5.74) is -0.361. The molecule has 8 heteroatoms. The number of hydrogen-bond donors (Lipinski definition) is 0. The van der Waals surface area contributed by atoms with Gasteiger partial charge in [-0.15, -0.1) is 0 Å². The van der Waals surface area contributed by atoms with Gasteiger partial charge in [0.1, 0.15) is 0 Å². The van der Waals surface area contributed by atoms with E-state index in [1.165, 1.54) is 19.2 Å². The van der Waals surface area contributed by atoms with Crippen molar-refractivity contribution in [2.75, 3.05) is 13.7 Å². The highest BCUT2D eigenvalue weighted by Crippen LogP contribution is 2.27. The van der Waals surface area contributed by atoms with Crippen molar-refractivity contribution in [3.63, 3.8) is 0 Å². The Kier molecular flexibility index (Phi) is 6.69. The number of nitro groups is 1. The first-order valence-corrected chi connectivity index (χ1v) is 7.49. The molecule has 0 aliphatic carbocycles. The van der Waals surface area contributed by atoms with Crippen LogP contribution in [-0.4, -0.2) is 47.5 Å². The van der Waals surface area contributed by atoms with E-state index in [1.807, 2.05) is 27.7 Å². The fourth-order valence-corrected chi connectivity index (χ4v) is 2.42. The molecule has 0 aromatic heterocycles. The van der Waals surface area contributed by atoms with Crippen LogP contribution < -0.4 is 4.74 Å². The van der Waals surface area contributed by atoms with Gasteiger partial charge in [-0.3, -0.25) is 14.9 Å². The van der Waals surface area contributed by atoms with Gasteiger partial charge in [-0.2, -0.15) is 0 Å². The molecular formula is C16H22N2O6. The van der Waals surface area contributed by atoms with Crippen molar-refractivity contribution < 1.29 is 24.0 Å². The molecule has 0 saturated carbocycles. The number of nitro benzene ring substituents is 1. The molecule has 1 aromatic rings. The number of methoxy groups -OCH3 is 1. The van der Waals surface area contributed by atoms with Crippen LogP contribution in [0.3, 0.4) is 0 Å². The minimum absolute atomic E-state index is 0.0176. The SMILES string of the molecule is COc1ccc(C(=O)OCC(=O)N(C(C)C)C(C)C)cc1[N+](=O)[O-]. The van der Waals surface area contributed by atoms with Crippen molar-refractivity contribution in [1.82, 2.24) is 4.90 Å². The van der Waals surface area contributed by atoms with E-state index in [9.17, 15) is 19.7 Å². The topological polar surface area (TPSA) is 99.0 Å². The Morgan fingerprint density at radius 3 is 2.25 bits per heavy atom. The molecule has 0 bridgehead atoms. The number of carbonyl (C=O) groups excluding carboxylic acids is 2. The molecule has 8 nitrogen and oxygen atoms in total. The average molecular weight is 338 g/mol. The van der Waals surface area contributed by atoms with Crippen molar-refractivity contribution in [1.29, 1.82) is 0 Å². The Morgan fingerprint density at radius 1 is 1.21 bits per heavy atom. The zero-order chi connectivity index (χ0) is 18.4. The van der Waals surface area contributed by atoms with Crippen LogP contribution in [0.1, 0.15) is 38.1 Å². The Hall–Kier alpha value is -2.64. The molecule has 1 amide bonds. The first kappa shape index (κ1) is 19.4. The van der Waals surface area contributed by atoms with Crippen LogP contribution in [0.15, 0.2) is 18.2 Å². The monoisotopic (exact) mass is 338 g/mol. The van der Waals surface area contributed by atoms with Crippen molar-refractivity contribution >= 4 is 17.6 Å². The maximum atomic E-state index is 12.2. The van der Waals surface area contributed by atoms with Gasteiger partial charge in [0.25, 0.3) is 5.91 Å². The van der Waals surface area contributed by atoms with Crippen LogP contribution in [0, 0.1) is 10.1 Å². The summed E-state index contributed by atoms with van der Waals surface area (Å²) >= 11 is 0. The fourth-order valence-electron chi connectivity index (χ4n) is 2.42. The zero-order valence-corrected chi connectivity index (χ0v) is 14.4. The van der Waals surface area contributed by atoms with Crippen molar-refractivity contribution in [2.45, 2.75) is 39.8 Å². The van der Waals surface area contributed by atoms with Crippen LogP contribution >= 0.6 is 0 Å². The predicted molar refractivity (Wildman–Crippen MR) is 87.0 cm³/mol. The molecule has 1 rings (SSSR count). The van der Waals surface area contributed by atoms with Crippen LogP contribution in [0.4, 0.5) is 5.69 Å². The van der Waals surface area contributed by atoms with E-state index < -0.39 is 17.5 Å². The van der Waals surface area contributed by atoms with Crippen LogP contribution in [0.5, 0.6) is 5.75 Å². The molecule has 0 radical (unpaired) electrons. The standard InChI is InChI=1S/C16H22N2O6/c1-10(2)17(11(3)4)15(19)9-24-16(20)12-6-7-14(23-5)13(8-12)18(21)22/h6-8,10-11H,9H2,1-5H3. The number of esters is 1. The molecule has 24 heavy (non-hydrogen) atoms.